The highest BCUT2D eigenvalue weighted by Gasteiger charge is 2.08. The summed E-state index contributed by atoms with van der Waals surface area (Å²) >= 11 is 5.99. The molecule has 1 amide bonds. The van der Waals surface area contributed by atoms with Crippen molar-refractivity contribution < 1.29 is 9.18 Å². The Morgan fingerprint density at radius 3 is 2.52 bits per heavy atom. The average molecular weight is 332 g/mol. The number of halogens is 2. The Labute approximate surface area is 137 Å². The third-order valence-corrected chi connectivity index (χ3v) is 3.51. The summed E-state index contributed by atoms with van der Waals surface area (Å²) in [7, 11) is 0. The number of carbonyl (C=O) groups is 1. The zero-order valence-corrected chi connectivity index (χ0v) is 13.1. The topological polar surface area (TPSA) is 82.0 Å². The van der Waals surface area contributed by atoms with Gasteiger partial charge in [0.15, 0.2) is 0 Å². The van der Waals surface area contributed by atoms with Crippen LogP contribution in [0.25, 0.3) is 22.0 Å². The zero-order valence-electron chi connectivity index (χ0n) is 12.4. The lowest BCUT2D eigenvalue weighted by Crippen LogP contribution is -1.96. The van der Waals surface area contributed by atoms with Gasteiger partial charge in [-0.15, -0.1) is 0 Å². The monoisotopic (exact) mass is 331 g/mol. The second-order valence-electron chi connectivity index (χ2n) is 4.86. The van der Waals surface area contributed by atoms with Gasteiger partial charge in [-0.25, -0.2) is 9.37 Å². The second-order valence-corrected chi connectivity index (χ2v) is 5.29. The number of carbonyl (C=O) groups excluding carboxylic acids is 1. The highest BCUT2D eigenvalue weighted by Crippen LogP contribution is 2.30. The quantitative estimate of drug-likeness (QED) is 0.667. The van der Waals surface area contributed by atoms with E-state index >= 15 is 0 Å². The van der Waals surface area contributed by atoms with Crippen LogP contribution in [0.2, 0.25) is 5.02 Å². The first kappa shape index (κ1) is 16.7. The second kappa shape index (κ2) is 7.07. The van der Waals surface area contributed by atoms with Crippen molar-refractivity contribution in [3.63, 3.8) is 0 Å². The molecule has 0 saturated heterocycles. The van der Waals surface area contributed by atoms with Crippen LogP contribution in [-0.4, -0.2) is 11.4 Å². The first-order valence-corrected chi connectivity index (χ1v) is 7.11. The zero-order chi connectivity index (χ0) is 17.0. The number of pyridine rings is 1. The van der Waals surface area contributed by atoms with E-state index < -0.39 is 0 Å². The van der Waals surface area contributed by atoms with Crippen LogP contribution in [0.3, 0.4) is 0 Å². The molecule has 23 heavy (non-hydrogen) atoms. The lowest BCUT2D eigenvalue weighted by molar-refractivity contribution is -0.106. The van der Waals surface area contributed by atoms with Crippen LogP contribution in [0.5, 0.6) is 0 Å². The molecule has 1 aromatic heterocycles. The fourth-order valence-corrected chi connectivity index (χ4v) is 2.39. The molecule has 1 heterocycles. The number of benzene rings is 2. The minimum absolute atomic E-state index is 0.232. The number of nitrogen functional groups attached to an aromatic ring is 1. The van der Waals surface area contributed by atoms with E-state index in [1.54, 1.807) is 25.1 Å². The van der Waals surface area contributed by atoms with E-state index in [0.29, 0.717) is 16.4 Å². The van der Waals surface area contributed by atoms with Crippen molar-refractivity contribution in [1.29, 1.82) is 0 Å². The Balaban J connectivity index is 0.000000595. The molecule has 0 radical (unpaired) electrons. The summed E-state index contributed by atoms with van der Waals surface area (Å²) in [6, 6.07) is 12.3. The summed E-state index contributed by atoms with van der Waals surface area (Å²) in [6.45, 7) is 1.72. The molecule has 0 unspecified atom stereocenters. The molecule has 0 aliphatic heterocycles. The molecule has 0 aliphatic carbocycles. The van der Waals surface area contributed by atoms with Crippen LogP contribution in [0.1, 0.15) is 5.56 Å². The molecule has 0 atom stereocenters. The van der Waals surface area contributed by atoms with Crippen molar-refractivity contribution in [2.75, 3.05) is 5.73 Å². The highest BCUT2D eigenvalue weighted by molar-refractivity contribution is 6.31. The number of nitrogens with zero attached hydrogens (tertiary/aromatic N) is 1. The van der Waals surface area contributed by atoms with Crippen LogP contribution in [0, 0.1) is 12.7 Å². The number of aromatic nitrogens is 1. The summed E-state index contributed by atoms with van der Waals surface area (Å²) in [5, 5.41) is 1.55. The highest BCUT2D eigenvalue weighted by atomic mass is 35.5. The molecule has 3 aromatic rings. The minimum atomic E-state index is -0.232. The number of rotatable bonds is 1. The van der Waals surface area contributed by atoms with Gasteiger partial charge in [0.1, 0.15) is 11.6 Å². The lowest BCUT2D eigenvalue weighted by atomic mass is 10.0. The van der Waals surface area contributed by atoms with Gasteiger partial charge in [0.05, 0.1) is 5.52 Å². The standard InChI is InChI=1S/C16H12ClFN2.CH3NO/c1-9-6-10(2-4-14(9)18)13-8-11-7-12(17)3-5-15(11)20-16(13)19;2-1-3/h2-8H,1H3,(H2,19,20);1H,(H2,2,3). The molecule has 4 nitrogen and oxygen atoms in total. The van der Waals surface area contributed by atoms with Crippen LogP contribution in [-0.2, 0) is 4.79 Å². The molecule has 3 rings (SSSR count). The number of hydrogen-bond donors (Lipinski definition) is 2. The fraction of sp³-hybridized carbons (Fsp3) is 0.0588. The van der Waals surface area contributed by atoms with E-state index in [0.717, 1.165) is 22.0 Å². The molecule has 0 bridgehead atoms. The van der Waals surface area contributed by atoms with E-state index in [-0.39, 0.29) is 12.2 Å². The Bertz CT molecular complexity index is 868. The van der Waals surface area contributed by atoms with Crippen molar-refractivity contribution >= 4 is 34.7 Å². The molecule has 0 aliphatic rings. The summed E-state index contributed by atoms with van der Waals surface area (Å²) in [5.41, 5.74) is 13.2. The number of aryl methyl sites for hydroxylation is 1. The molecule has 0 saturated carbocycles. The average Bonchev–Trinajstić information content (AvgIpc) is 2.51. The summed E-state index contributed by atoms with van der Waals surface area (Å²) in [4.78, 5) is 13.0. The molecule has 118 valence electrons. The maximum atomic E-state index is 13.4. The van der Waals surface area contributed by atoms with Gasteiger partial charge < -0.3 is 11.5 Å². The summed E-state index contributed by atoms with van der Waals surface area (Å²) in [6.07, 6.45) is 0.250. The van der Waals surface area contributed by atoms with Gasteiger partial charge >= 0.3 is 0 Å². The minimum Gasteiger partial charge on any atom is -0.383 e. The number of fused-ring (bicyclic) bond motifs is 1. The largest absolute Gasteiger partial charge is 0.383 e. The third-order valence-electron chi connectivity index (χ3n) is 3.28. The van der Waals surface area contributed by atoms with E-state index in [4.69, 9.17) is 22.1 Å². The number of amides is 1. The maximum absolute atomic E-state index is 13.4. The van der Waals surface area contributed by atoms with Gasteiger partial charge in [-0.05, 0) is 54.4 Å². The van der Waals surface area contributed by atoms with Crippen LogP contribution in [0.4, 0.5) is 10.2 Å². The molecular weight excluding hydrogens is 317 g/mol. The number of primary amides is 1. The molecule has 2 aromatic carbocycles. The van der Waals surface area contributed by atoms with Gasteiger partial charge in [0.25, 0.3) is 0 Å². The Kier molecular flexibility index (Phi) is 5.13. The van der Waals surface area contributed by atoms with Crippen molar-refractivity contribution in [1.82, 2.24) is 4.98 Å². The SMILES string of the molecule is Cc1cc(-c2cc3cc(Cl)ccc3nc2N)ccc1F.NC=O. The van der Waals surface area contributed by atoms with Crippen molar-refractivity contribution in [3.05, 3.63) is 58.9 Å². The molecule has 6 heteroatoms. The Hall–Kier alpha value is -2.66. The Morgan fingerprint density at radius 2 is 1.87 bits per heavy atom. The predicted octanol–water partition coefficient (Wildman–Crippen LogP) is 3.69. The summed E-state index contributed by atoms with van der Waals surface area (Å²) in [5.74, 6) is 0.190. The molecule has 0 fully saturated rings. The van der Waals surface area contributed by atoms with Crippen molar-refractivity contribution in [3.8, 4) is 11.1 Å². The van der Waals surface area contributed by atoms with E-state index in [9.17, 15) is 4.39 Å². The van der Waals surface area contributed by atoms with Gasteiger partial charge in [-0.2, -0.15) is 0 Å². The smallest absolute Gasteiger partial charge is 0.204 e. The molecule has 0 spiro atoms. The maximum Gasteiger partial charge on any atom is 0.204 e. The predicted molar refractivity (Wildman–Crippen MR) is 91.5 cm³/mol. The van der Waals surface area contributed by atoms with Gasteiger partial charge in [0, 0.05) is 16.0 Å². The molecule has 4 N–H and O–H groups in total. The van der Waals surface area contributed by atoms with Gasteiger partial charge in [-0.1, -0.05) is 17.7 Å². The first-order chi connectivity index (χ1) is 11.0. The normalized spacial score (nSPS) is 10.0. The van der Waals surface area contributed by atoms with Crippen molar-refractivity contribution in [2.24, 2.45) is 5.73 Å². The number of anilines is 1. The van der Waals surface area contributed by atoms with E-state index in [1.807, 2.05) is 18.2 Å². The van der Waals surface area contributed by atoms with Crippen LogP contribution < -0.4 is 11.5 Å². The fourth-order valence-electron chi connectivity index (χ4n) is 2.21. The van der Waals surface area contributed by atoms with Gasteiger partial charge in [-0.3, -0.25) is 4.79 Å². The summed E-state index contributed by atoms with van der Waals surface area (Å²) < 4.78 is 13.4. The molecular formula is C17H15ClFN3O. The van der Waals surface area contributed by atoms with Crippen molar-refractivity contribution in [2.45, 2.75) is 6.92 Å². The third kappa shape index (κ3) is 3.76. The van der Waals surface area contributed by atoms with Gasteiger partial charge in [0.2, 0.25) is 6.41 Å². The lowest BCUT2D eigenvalue weighted by Gasteiger charge is -2.09. The van der Waals surface area contributed by atoms with Crippen LogP contribution in [0.15, 0.2) is 42.5 Å². The van der Waals surface area contributed by atoms with E-state index in [2.05, 4.69) is 10.7 Å². The number of hydrogen-bond acceptors (Lipinski definition) is 3. The van der Waals surface area contributed by atoms with E-state index in [1.165, 1.54) is 6.07 Å². The van der Waals surface area contributed by atoms with Crippen LogP contribution >= 0.6 is 11.6 Å². The number of nitrogens with two attached hydrogens (primary N) is 2. The first-order valence-electron chi connectivity index (χ1n) is 6.74. The Morgan fingerprint density at radius 1 is 1.17 bits per heavy atom.